The summed E-state index contributed by atoms with van der Waals surface area (Å²) in [6.45, 7) is 13.6. The van der Waals surface area contributed by atoms with Crippen molar-refractivity contribution < 1.29 is 43.0 Å². The number of hydrogen-bond acceptors (Lipinski definition) is 10. The van der Waals surface area contributed by atoms with Crippen LogP contribution in [0.15, 0.2) is 4.99 Å². The highest BCUT2D eigenvalue weighted by molar-refractivity contribution is 5.93. The smallest absolute Gasteiger partial charge is 0.413 e. The first kappa shape index (κ1) is 31.9. The molecular formula is C22H40N4O9. The van der Waals surface area contributed by atoms with Crippen molar-refractivity contribution in [2.24, 2.45) is 4.99 Å². The molecule has 35 heavy (non-hydrogen) atoms. The maximum Gasteiger partial charge on any atom is 0.413 e. The van der Waals surface area contributed by atoms with Crippen molar-refractivity contribution in [1.29, 1.82) is 0 Å². The zero-order chi connectivity index (χ0) is 27.1. The van der Waals surface area contributed by atoms with Gasteiger partial charge in [0, 0.05) is 6.54 Å². The number of carbonyl (C=O) groups is 4. The van der Waals surface area contributed by atoms with E-state index in [1.54, 1.807) is 55.4 Å². The number of aliphatic imine (C=N–C) groups is 1. The van der Waals surface area contributed by atoms with E-state index < -0.39 is 48.0 Å². The molecule has 0 fully saturated rings. The topological polar surface area (TPSA) is 163 Å². The molecule has 0 spiro atoms. The Hall–Kier alpha value is -3.09. The molecule has 0 aliphatic rings. The average molecular weight is 505 g/mol. The van der Waals surface area contributed by atoms with Gasteiger partial charge in [-0.1, -0.05) is 0 Å². The first-order valence-corrected chi connectivity index (χ1v) is 11.4. The fraction of sp³-hybridized carbons (Fsp3) is 0.773. The number of hydrogen-bond donors (Lipinski definition) is 3. The predicted molar refractivity (Wildman–Crippen MR) is 126 cm³/mol. The van der Waals surface area contributed by atoms with Crippen LogP contribution in [-0.4, -0.2) is 73.7 Å². The fourth-order valence-electron chi connectivity index (χ4n) is 2.29. The number of nitrogens with zero attached hydrogens (tertiary/aromatic N) is 1. The summed E-state index contributed by atoms with van der Waals surface area (Å²) in [6, 6.07) is -0.978. The van der Waals surface area contributed by atoms with Gasteiger partial charge in [0.1, 0.15) is 17.2 Å². The molecule has 0 aromatic heterocycles. The van der Waals surface area contributed by atoms with Gasteiger partial charge in [0.05, 0.1) is 13.2 Å². The SMILES string of the molecule is CCOC(=O)CONC(=NCCC[C@H](NC(=O)OC(C)(C)C)C(=O)OC(C)(C)C)NC(=O)OCC. The van der Waals surface area contributed by atoms with E-state index >= 15 is 0 Å². The van der Waals surface area contributed by atoms with E-state index in [0.29, 0.717) is 6.42 Å². The minimum atomic E-state index is -0.978. The molecule has 0 rings (SSSR count). The summed E-state index contributed by atoms with van der Waals surface area (Å²) < 4.78 is 20.2. The highest BCUT2D eigenvalue weighted by atomic mass is 16.7. The molecule has 0 aromatic rings. The van der Waals surface area contributed by atoms with Crippen LogP contribution < -0.4 is 16.1 Å². The Morgan fingerprint density at radius 1 is 0.857 bits per heavy atom. The number of nitrogens with one attached hydrogen (secondary N) is 3. The minimum Gasteiger partial charge on any atom is -0.464 e. The largest absolute Gasteiger partial charge is 0.464 e. The summed E-state index contributed by atoms with van der Waals surface area (Å²) in [6.07, 6.45) is -1.05. The maximum absolute atomic E-state index is 12.6. The van der Waals surface area contributed by atoms with Gasteiger partial charge in [-0.05, 0) is 68.2 Å². The number of rotatable bonds is 11. The zero-order valence-corrected chi connectivity index (χ0v) is 21.9. The van der Waals surface area contributed by atoms with Crippen LogP contribution in [0.3, 0.4) is 0 Å². The lowest BCUT2D eigenvalue weighted by Crippen LogP contribution is -2.46. The Morgan fingerprint density at radius 3 is 2.00 bits per heavy atom. The Balaban J connectivity index is 5.14. The van der Waals surface area contributed by atoms with Gasteiger partial charge in [-0.25, -0.2) is 24.7 Å². The number of alkyl carbamates (subject to hydrolysis) is 2. The predicted octanol–water partition coefficient (Wildman–Crippen LogP) is 2.19. The lowest BCUT2D eigenvalue weighted by Gasteiger charge is -2.26. The van der Waals surface area contributed by atoms with Gasteiger partial charge in [0.25, 0.3) is 0 Å². The van der Waals surface area contributed by atoms with Crippen molar-refractivity contribution in [3.8, 4) is 0 Å². The van der Waals surface area contributed by atoms with Crippen LogP contribution in [0, 0.1) is 0 Å². The number of guanidine groups is 1. The molecule has 0 radical (unpaired) electrons. The molecule has 0 aliphatic heterocycles. The van der Waals surface area contributed by atoms with E-state index in [9.17, 15) is 19.2 Å². The number of ether oxygens (including phenoxy) is 4. The Kier molecular flexibility index (Phi) is 14.4. The second kappa shape index (κ2) is 15.7. The first-order valence-electron chi connectivity index (χ1n) is 11.4. The van der Waals surface area contributed by atoms with Gasteiger partial charge in [0.2, 0.25) is 5.96 Å². The molecule has 0 bridgehead atoms. The quantitative estimate of drug-likeness (QED) is 0.0949. The Morgan fingerprint density at radius 2 is 1.46 bits per heavy atom. The monoisotopic (exact) mass is 504 g/mol. The molecule has 202 valence electrons. The average Bonchev–Trinajstić information content (AvgIpc) is 2.67. The molecular weight excluding hydrogens is 464 g/mol. The number of amides is 2. The number of hydroxylamine groups is 1. The van der Waals surface area contributed by atoms with Crippen molar-refractivity contribution in [3.63, 3.8) is 0 Å². The summed E-state index contributed by atoms with van der Waals surface area (Å²) in [5.41, 5.74) is 0.864. The summed E-state index contributed by atoms with van der Waals surface area (Å²) in [7, 11) is 0. The Labute approximate surface area is 206 Å². The van der Waals surface area contributed by atoms with Crippen LogP contribution in [0.25, 0.3) is 0 Å². The van der Waals surface area contributed by atoms with E-state index in [4.69, 9.17) is 23.8 Å². The van der Waals surface area contributed by atoms with Crippen LogP contribution in [0.5, 0.6) is 0 Å². The van der Waals surface area contributed by atoms with Crippen molar-refractivity contribution in [2.45, 2.75) is 85.5 Å². The van der Waals surface area contributed by atoms with E-state index in [-0.39, 0.29) is 32.1 Å². The van der Waals surface area contributed by atoms with Gasteiger partial charge in [-0.3, -0.25) is 15.1 Å². The molecule has 0 saturated carbocycles. The summed E-state index contributed by atoms with van der Waals surface area (Å²) in [4.78, 5) is 57.0. The van der Waals surface area contributed by atoms with Crippen molar-refractivity contribution >= 4 is 30.1 Å². The van der Waals surface area contributed by atoms with Gasteiger partial charge >= 0.3 is 24.1 Å². The molecule has 0 unspecified atom stereocenters. The summed E-state index contributed by atoms with van der Waals surface area (Å²) in [5.74, 6) is -1.33. The standard InChI is InChI=1S/C22H40N4O9/c1-9-31-16(27)14-33-26-18(25-19(29)32-10-2)23-13-11-12-15(17(28)34-21(3,4)5)24-20(30)35-22(6,7)8/h15H,9-14H2,1-8H3,(H,24,30)(H2,23,25,26,29)/t15-/m0/s1. The van der Waals surface area contributed by atoms with Crippen LogP contribution in [0.1, 0.15) is 68.2 Å². The molecule has 0 aliphatic carbocycles. The molecule has 0 saturated heterocycles. The van der Waals surface area contributed by atoms with Crippen LogP contribution >= 0.6 is 0 Å². The van der Waals surface area contributed by atoms with Crippen LogP contribution in [0.2, 0.25) is 0 Å². The fourth-order valence-corrected chi connectivity index (χ4v) is 2.29. The second-order valence-corrected chi connectivity index (χ2v) is 9.15. The van der Waals surface area contributed by atoms with Gasteiger partial charge < -0.3 is 24.3 Å². The summed E-state index contributed by atoms with van der Waals surface area (Å²) >= 11 is 0. The first-order chi connectivity index (χ1) is 16.2. The van der Waals surface area contributed by atoms with E-state index in [2.05, 4.69) is 21.1 Å². The lowest BCUT2D eigenvalue weighted by molar-refractivity contribution is -0.157. The maximum atomic E-state index is 12.6. The third-order valence-corrected chi connectivity index (χ3v) is 3.46. The normalized spacial score (nSPS) is 12.7. The van der Waals surface area contributed by atoms with E-state index in [0.717, 1.165) is 0 Å². The molecule has 13 nitrogen and oxygen atoms in total. The summed E-state index contributed by atoms with van der Waals surface area (Å²) in [5, 5.41) is 4.87. The lowest BCUT2D eigenvalue weighted by atomic mass is 10.1. The van der Waals surface area contributed by atoms with Crippen molar-refractivity contribution in [1.82, 2.24) is 16.1 Å². The van der Waals surface area contributed by atoms with Gasteiger partial charge in [-0.2, -0.15) is 0 Å². The Bertz CT molecular complexity index is 727. The number of carbonyl (C=O) groups excluding carboxylic acids is 4. The third kappa shape index (κ3) is 18.0. The van der Waals surface area contributed by atoms with Crippen molar-refractivity contribution in [3.05, 3.63) is 0 Å². The molecule has 3 N–H and O–H groups in total. The van der Waals surface area contributed by atoms with E-state index in [1.165, 1.54) is 0 Å². The minimum absolute atomic E-state index is 0.110. The van der Waals surface area contributed by atoms with Crippen LogP contribution in [0.4, 0.5) is 9.59 Å². The van der Waals surface area contributed by atoms with Gasteiger partial charge in [0.15, 0.2) is 6.61 Å². The van der Waals surface area contributed by atoms with E-state index in [1.807, 2.05) is 0 Å². The third-order valence-electron chi connectivity index (χ3n) is 3.46. The molecule has 0 heterocycles. The zero-order valence-electron chi connectivity index (χ0n) is 21.9. The van der Waals surface area contributed by atoms with Gasteiger partial charge in [-0.15, -0.1) is 0 Å². The molecule has 1 atom stereocenters. The van der Waals surface area contributed by atoms with Crippen LogP contribution in [-0.2, 0) is 33.4 Å². The number of esters is 2. The second-order valence-electron chi connectivity index (χ2n) is 9.15. The molecule has 2 amide bonds. The highest BCUT2D eigenvalue weighted by Gasteiger charge is 2.28. The highest BCUT2D eigenvalue weighted by Crippen LogP contribution is 2.12. The molecule has 0 aromatic carbocycles. The molecule has 13 heteroatoms. The van der Waals surface area contributed by atoms with Crippen molar-refractivity contribution in [2.75, 3.05) is 26.4 Å².